The summed E-state index contributed by atoms with van der Waals surface area (Å²) in [6.45, 7) is 1.94. The highest BCUT2D eigenvalue weighted by atomic mass is 19.1. The summed E-state index contributed by atoms with van der Waals surface area (Å²) in [7, 11) is 0. The number of hydrogen-bond acceptors (Lipinski definition) is 4. The smallest absolute Gasteiger partial charge is 0.269 e. The minimum Gasteiger partial charge on any atom is -0.348 e. The van der Waals surface area contributed by atoms with E-state index in [4.69, 9.17) is 0 Å². The third kappa shape index (κ3) is 4.85. The monoisotopic (exact) mass is 407 g/mol. The lowest BCUT2D eigenvalue weighted by Crippen LogP contribution is -2.23. The zero-order valence-corrected chi connectivity index (χ0v) is 16.0. The van der Waals surface area contributed by atoms with E-state index >= 15 is 0 Å². The molecule has 0 atom stereocenters. The van der Waals surface area contributed by atoms with E-state index in [0.717, 1.165) is 0 Å². The highest BCUT2D eigenvalue weighted by Gasteiger charge is 2.14. The lowest BCUT2D eigenvalue weighted by atomic mass is 10.1. The number of non-ortho nitro benzene ring substituents is 1. The number of benzene rings is 3. The molecular weight excluding hydrogens is 389 g/mol. The van der Waals surface area contributed by atoms with Crippen molar-refractivity contribution in [2.45, 2.75) is 13.5 Å². The summed E-state index contributed by atoms with van der Waals surface area (Å²) in [6, 6.07) is 16.3. The van der Waals surface area contributed by atoms with Gasteiger partial charge in [-0.15, -0.1) is 0 Å². The van der Waals surface area contributed by atoms with Crippen LogP contribution in [0, 0.1) is 22.9 Å². The second kappa shape index (κ2) is 8.95. The maximum Gasteiger partial charge on any atom is 0.269 e. The van der Waals surface area contributed by atoms with Crippen LogP contribution in [0.2, 0.25) is 0 Å². The van der Waals surface area contributed by atoms with E-state index in [1.165, 1.54) is 36.4 Å². The van der Waals surface area contributed by atoms with E-state index in [-0.39, 0.29) is 23.7 Å². The topological polar surface area (TPSA) is 101 Å². The van der Waals surface area contributed by atoms with Gasteiger partial charge in [-0.1, -0.05) is 30.3 Å². The first-order chi connectivity index (χ1) is 14.3. The standard InChI is InChI=1S/C22H18FN3O4/c1-14-6-9-16(12-20(14)25-22(28)18-4-2-3-5-19(18)23)21(27)24-13-15-7-10-17(11-8-15)26(29)30/h2-12H,13H2,1H3,(H,24,27)(H,25,28). The third-order valence-electron chi connectivity index (χ3n) is 4.47. The van der Waals surface area contributed by atoms with Gasteiger partial charge in [0.2, 0.25) is 0 Å². The number of rotatable bonds is 6. The number of amides is 2. The van der Waals surface area contributed by atoms with Crippen LogP contribution in [0.4, 0.5) is 15.8 Å². The molecule has 0 heterocycles. The number of aryl methyl sites for hydroxylation is 1. The number of nitrogens with zero attached hydrogens (tertiary/aromatic N) is 1. The molecule has 0 aliphatic rings. The van der Waals surface area contributed by atoms with Crippen molar-refractivity contribution in [2.75, 3.05) is 5.32 Å². The number of nitrogens with one attached hydrogen (secondary N) is 2. The van der Waals surface area contributed by atoms with Crippen molar-refractivity contribution in [1.82, 2.24) is 5.32 Å². The van der Waals surface area contributed by atoms with Gasteiger partial charge in [0, 0.05) is 29.9 Å². The fourth-order valence-electron chi connectivity index (χ4n) is 2.75. The van der Waals surface area contributed by atoms with Gasteiger partial charge in [-0.25, -0.2) is 4.39 Å². The number of carbonyl (C=O) groups excluding carboxylic acids is 2. The van der Waals surface area contributed by atoms with Crippen LogP contribution in [-0.4, -0.2) is 16.7 Å². The number of hydrogen-bond donors (Lipinski definition) is 2. The zero-order valence-electron chi connectivity index (χ0n) is 16.0. The van der Waals surface area contributed by atoms with Gasteiger partial charge in [0.15, 0.2) is 0 Å². The summed E-state index contributed by atoms with van der Waals surface area (Å²) in [4.78, 5) is 35.0. The minimum absolute atomic E-state index is 0.0288. The van der Waals surface area contributed by atoms with E-state index < -0.39 is 16.6 Å². The van der Waals surface area contributed by atoms with Crippen LogP contribution >= 0.6 is 0 Å². The molecule has 2 amide bonds. The number of nitro benzene ring substituents is 1. The summed E-state index contributed by atoms with van der Waals surface area (Å²) < 4.78 is 13.8. The Morgan fingerprint density at radius 2 is 1.70 bits per heavy atom. The van der Waals surface area contributed by atoms with Crippen LogP contribution in [0.3, 0.4) is 0 Å². The van der Waals surface area contributed by atoms with Crippen LogP contribution in [-0.2, 0) is 6.54 Å². The molecule has 152 valence electrons. The summed E-state index contributed by atoms with van der Waals surface area (Å²) in [5.74, 6) is -1.63. The van der Waals surface area contributed by atoms with Crippen molar-refractivity contribution < 1.29 is 18.9 Å². The predicted octanol–water partition coefficient (Wildman–Crippen LogP) is 4.22. The van der Waals surface area contributed by atoms with Gasteiger partial charge in [-0.05, 0) is 42.3 Å². The molecule has 3 rings (SSSR count). The number of halogens is 1. The molecule has 0 unspecified atom stereocenters. The number of carbonyl (C=O) groups is 2. The van der Waals surface area contributed by atoms with Crippen molar-refractivity contribution >= 4 is 23.2 Å². The summed E-state index contributed by atoms with van der Waals surface area (Å²) in [5.41, 5.74) is 2.00. The Morgan fingerprint density at radius 3 is 2.37 bits per heavy atom. The number of anilines is 1. The van der Waals surface area contributed by atoms with Crippen molar-refractivity contribution in [1.29, 1.82) is 0 Å². The van der Waals surface area contributed by atoms with Crippen molar-refractivity contribution in [3.8, 4) is 0 Å². The molecule has 0 bridgehead atoms. The van der Waals surface area contributed by atoms with E-state index in [9.17, 15) is 24.1 Å². The Hall–Kier alpha value is -4.07. The van der Waals surface area contributed by atoms with Crippen LogP contribution < -0.4 is 10.6 Å². The van der Waals surface area contributed by atoms with Crippen molar-refractivity contribution in [2.24, 2.45) is 0 Å². The molecule has 0 spiro atoms. The molecule has 0 aliphatic heterocycles. The van der Waals surface area contributed by atoms with Gasteiger partial charge in [-0.2, -0.15) is 0 Å². The lowest BCUT2D eigenvalue weighted by Gasteiger charge is -2.11. The van der Waals surface area contributed by atoms with E-state index in [1.54, 1.807) is 37.3 Å². The average Bonchev–Trinajstić information content (AvgIpc) is 2.74. The van der Waals surface area contributed by atoms with Crippen LogP contribution in [0.1, 0.15) is 31.8 Å². The molecule has 0 radical (unpaired) electrons. The first-order valence-electron chi connectivity index (χ1n) is 9.03. The highest BCUT2D eigenvalue weighted by Crippen LogP contribution is 2.19. The van der Waals surface area contributed by atoms with Gasteiger partial charge >= 0.3 is 0 Å². The second-order valence-corrected chi connectivity index (χ2v) is 6.57. The molecule has 30 heavy (non-hydrogen) atoms. The molecule has 3 aromatic rings. The molecule has 0 fully saturated rings. The molecule has 0 saturated heterocycles. The largest absolute Gasteiger partial charge is 0.348 e. The fourth-order valence-corrected chi connectivity index (χ4v) is 2.75. The van der Waals surface area contributed by atoms with Crippen molar-refractivity contribution in [3.05, 3.63) is 105 Å². The Kier molecular flexibility index (Phi) is 6.17. The lowest BCUT2D eigenvalue weighted by molar-refractivity contribution is -0.384. The Bertz CT molecular complexity index is 1110. The Labute approximate surface area is 171 Å². The fraction of sp³-hybridized carbons (Fsp3) is 0.0909. The van der Waals surface area contributed by atoms with Crippen LogP contribution in [0.15, 0.2) is 66.7 Å². The Balaban J connectivity index is 1.69. The van der Waals surface area contributed by atoms with Gasteiger partial charge in [0.25, 0.3) is 17.5 Å². The first kappa shape index (κ1) is 20.7. The average molecular weight is 407 g/mol. The van der Waals surface area contributed by atoms with Gasteiger partial charge in [-0.3, -0.25) is 19.7 Å². The summed E-state index contributed by atoms with van der Waals surface area (Å²) in [5, 5.41) is 16.0. The molecule has 3 aromatic carbocycles. The maximum absolute atomic E-state index is 13.8. The highest BCUT2D eigenvalue weighted by molar-refractivity contribution is 6.05. The Morgan fingerprint density at radius 1 is 1.00 bits per heavy atom. The molecule has 2 N–H and O–H groups in total. The minimum atomic E-state index is -0.635. The number of nitro groups is 1. The van der Waals surface area contributed by atoms with Gasteiger partial charge in [0.1, 0.15) is 5.82 Å². The van der Waals surface area contributed by atoms with Crippen molar-refractivity contribution in [3.63, 3.8) is 0 Å². The summed E-state index contributed by atoms with van der Waals surface area (Å²) >= 11 is 0. The first-order valence-corrected chi connectivity index (χ1v) is 9.03. The summed E-state index contributed by atoms with van der Waals surface area (Å²) in [6.07, 6.45) is 0. The molecule has 0 saturated carbocycles. The molecule has 8 heteroatoms. The third-order valence-corrected chi connectivity index (χ3v) is 4.47. The zero-order chi connectivity index (χ0) is 21.7. The van der Waals surface area contributed by atoms with E-state index in [0.29, 0.717) is 22.4 Å². The molecule has 0 aliphatic carbocycles. The quantitative estimate of drug-likeness (QED) is 0.472. The van der Waals surface area contributed by atoms with E-state index in [2.05, 4.69) is 10.6 Å². The van der Waals surface area contributed by atoms with E-state index in [1.807, 2.05) is 0 Å². The molecule has 0 aromatic heterocycles. The van der Waals surface area contributed by atoms with Crippen LogP contribution in [0.5, 0.6) is 0 Å². The molecule has 7 nitrogen and oxygen atoms in total. The predicted molar refractivity (Wildman–Crippen MR) is 110 cm³/mol. The normalized spacial score (nSPS) is 10.3. The maximum atomic E-state index is 13.8. The van der Waals surface area contributed by atoms with Crippen LogP contribution in [0.25, 0.3) is 0 Å². The van der Waals surface area contributed by atoms with Gasteiger partial charge < -0.3 is 10.6 Å². The van der Waals surface area contributed by atoms with Gasteiger partial charge in [0.05, 0.1) is 10.5 Å². The molecular formula is C22H18FN3O4. The second-order valence-electron chi connectivity index (χ2n) is 6.57. The SMILES string of the molecule is Cc1ccc(C(=O)NCc2ccc([N+](=O)[O-])cc2)cc1NC(=O)c1ccccc1F.